The van der Waals surface area contributed by atoms with E-state index in [1.165, 1.54) is 62.5 Å². The number of unbranched alkanes of at least 4 members (excludes halogenated alkanes) is 7. The fourth-order valence-corrected chi connectivity index (χ4v) is 3.39. The molecule has 0 aromatic heterocycles. The largest absolute Gasteiger partial charge is 0.397 e. The van der Waals surface area contributed by atoms with Gasteiger partial charge in [0.2, 0.25) is 0 Å². The lowest BCUT2D eigenvalue weighted by atomic mass is 10.0. The Balaban J connectivity index is 1.48. The SMILES string of the molecule is Nc1cccc(CCCCCCCCCCc2cccc(N)c2N)c1N. The second-order valence-electron chi connectivity index (χ2n) is 7.17. The molecule has 0 radical (unpaired) electrons. The van der Waals surface area contributed by atoms with Crippen molar-refractivity contribution in [3.8, 4) is 0 Å². The molecule has 0 aliphatic rings. The average molecular weight is 355 g/mol. The van der Waals surface area contributed by atoms with Gasteiger partial charge < -0.3 is 22.9 Å². The predicted octanol–water partition coefficient (Wildman–Crippen LogP) is 4.92. The number of para-hydroxylation sites is 2. The zero-order valence-corrected chi connectivity index (χ0v) is 15.8. The lowest BCUT2D eigenvalue weighted by molar-refractivity contribution is 0.568. The summed E-state index contributed by atoms with van der Waals surface area (Å²) in [5.74, 6) is 0. The Bertz CT molecular complexity index is 622. The minimum absolute atomic E-state index is 0.697. The molecule has 0 heterocycles. The molecule has 0 aliphatic carbocycles. The molecule has 142 valence electrons. The van der Waals surface area contributed by atoms with Crippen LogP contribution in [0.5, 0.6) is 0 Å². The highest BCUT2D eigenvalue weighted by atomic mass is 14.7. The molecule has 0 fully saturated rings. The van der Waals surface area contributed by atoms with E-state index in [2.05, 4.69) is 12.1 Å². The van der Waals surface area contributed by atoms with Crippen molar-refractivity contribution in [1.29, 1.82) is 0 Å². The van der Waals surface area contributed by atoms with Crippen LogP contribution in [0.4, 0.5) is 22.7 Å². The van der Waals surface area contributed by atoms with E-state index in [1.54, 1.807) is 0 Å². The van der Waals surface area contributed by atoms with Crippen molar-refractivity contribution < 1.29 is 0 Å². The van der Waals surface area contributed by atoms with Crippen molar-refractivity contribution in [2.75, 3.05) is 22.9 Å². The third kappa shape index (κ3) is 6.17. The monoisotopic (exact) mass is 354 g/mol. The van der Waals surface area contributed by atoms with Crippen LogP contribution in [0.1, 0.15) is 62.5 Å². The van der Waals surface area contributed by atoms with E-state index in [9.17, 15) is 0 Å². The first-order valence-corrected chi connectivity index (χ1v) is 9.85. The van der Waals surface area contributed by atoms with Gasteiger partial charge in [0.25, 0.3) is 0 Å². The Kier molecular flexibility index (Phi) is 8.13. The molecule has 0 saturated heterocycles. The van der Waals surface area contributed by atoms with Crippen molar-refractivity contribution in [2.45, 2.75) is 64.2 Å². The van der Waals surface area contributed by atoms with Crippen LogP contribution in [0.25, 0.3) is 0 Å². The number of aryl methyl sites for hydroxylation is 2. The standard InChI is InChI=1S/C22H34N4/c23-19-15-9-13-17(21(19)25)11-7-5-3-1-2-4-6-8-12-18-14-10-16-20(24)22(18)26/h9-10,13-16H,1-8,11-12,23-26H2. The number of nitrogen functional groups attached to an aromatic ring is 4. The van der Waals surface area contributed by atoms with E-state index in [1.807, 2.05) is 24.3 Å². The molecule has 26 heavy (non-hydrogen) atoms. The van der Waals surface area contributed by atoms with Crippen LogP contribution in [0.15, 0.2) is 36.4 Å². The van der Waals surface area contributed by atoms with E-state index >= 15 is 0 Å². The van der Waals surface area contributed by atoms with Gasteiger partial charge in [-0.2, -0.15) is 0 Å². The van der Waals surface area contributed by atoms with Crippen LogP contribution >= 0.6 is 0 Å². The van der Waals surface area contributed by atoms with Crippen molar-refractivity contribution >= 4 is 22.7 Å². The Labute approximate surface area is 157 Å². The maximum absolute atomic E-state index is 6.01. The van der Waals surface area contributed by atoms with Gasteiger partial charge in [0, 0.05) is 0 Å². The zero-order valence-electron chi connectivity index (χ0n) is 15.8. The van der Waals surface area contributed by atoms with Crippen LogP contribution < -0.4 is 22.9 Å². The maximum atomic E-state index is 6.01. The molecule has 0 aliphatic heterocycles. The third-order valence-corrected chi connectivity index (χ3v) is 5.10. The summed E-state index contributed by atoms with van der Waals surface area (Å²) in [5, 5.41) is 0. The summed E-state index contributed by atoms with van der Waals surface area (Å²) < 4.78 is 0. The predicted molar refractivity (Wildman–Crippen MR) is 115 cm³/mol. The summed E-state index contributed by atoms with van der Waals surface area (Å²) >= 11 is 0. The van der Waals surface area contributed by atoms with Gasteiger partial charge in [0.1, 0.15) is 0 Å². The summed E-state index contributed by atoms with van der Waals surface area (Å²) in [6.45, 7) is 0. The number of nitrogens with two attached hydrogens (primary N) is 4. The quantitative estimate of drug-likeness (QED) is 0.339. The molecular formula is C22H34N4. The minimum atomic E-state index is 0.697. The first kappa shape index (κ1) is 20.0. The smallest absolute Gasteiger partial charge is 0.0580 e. The van der Waals surface area contributed by atoms with Gasteiger partial charge >= 0.3 is 0 Å². The Morgan fingerprint density at radius 3 is 1.19 bits per heavy atom. The van der Waals surface area contributed by atoms with Gasteiger partial charge in [0.05, 0.1) is 22.7 Å². The topological polar surface area (TPSA) is 104 Å². The minimum Gasteiger partial charge on any atom is -0.397 e. The van der Waals surface area contributed by atoms with Gasteiger partial charge in [-0.15, -0.1) is 0 Å². The first-order chi connectivity index (χ1) is 12.6. The Hall–Kier alpha value is -2.36. The van der Waals surface area contributed by atoms with Gasteiger partial charge in [-0.1, -0.05) is 62.8 Å². The molecule has 0 spiro atoms. The number of hydrogen-bond donors (Lipinski definition) is 4. The summed E-state index contributed by atoms with van der Waals surface area (Å²) in [4.78, 5) is 0. The summed E-state index contributed by atoms with van der Waals surface area (Å²) in [5.41, 5.74) is 29.0. The van der Waals surface area contributed by atoms with Gasteiger partial charge in [-0.25, -0.2) is 0 Å². The molecule has 0 saturated carbocycles. The van der Waals surface area contributed by atoms with Crippen LogP contribution in [0.2, 0.25) is 0 Å². The number of anilines is 4. The second-order valence-corrected chi connectivity index (χ2v) is 7.17. The van der Waals surface area contributed by atoms with E-state index in [4.69, 9.17) is 22.9 Å². The van der Waals surface area contributed by atoms with E-state index in [0.29, 0.717) is 11.4 Å². The van der Waals surface area contributed by atoms with Crippen LogP contribution in [0, 0.1) is 0 Å². The number of benzene rings is 2. The molecular weight excluding hydrogens is 320 g/mol. The van der Waals surface area contributed by atoms with Crippen LogP contribution in [-0.4, -0.2) is 0 Å². The number of hydrogen-bond acceptors (Lipinski definition) is 4. The zero-order chi connectivity index (χ0) is 18.8. The average Bonchev–Trinajstić information content (AvgIpc) is 2.63. The number of rotatable bonds is 11. The fourth-order valence-electron chi connectivity index (χ4n) is 3.39. The summed E-state index contributed by atoms with van der Waals surface area (Å²) in [7, 11) is 0. The van der Waals surface area contributed by atoms with Gasteiger partial charge in [-0.3, -0.25) is 0 Å². The highest BCUT2D eigenvalue weighted by Gasteiger charge is 2.03. The molecule has 0 unspecified atom stereocenters. The maximum Gasteiger partial charge on any atom is 0.0580 e. The van der Waals surface area contributed by atoms with E-state index in [0.717, 1.165) is 24.2 Å². The second kappa shape index (κ2) is 10.6. The molecule has 2 aromatic carbocycles. The summed E-state index contributed by atoms with van der Waals surface area (Å²) in [6, 6.07) is 11.9. The van der Waals surface area contributed by atoms with Gasteiger partial charge in [-0.05, 0) is 48.9 Å². The van der Waals surface area contributed by atoms with Gasteiger partial charge in [0.15, 0.2) is 0 Å². The normalized spacial score (nSPS) is 10.9. The molecule has 2 aromatic rings. The van der Waals surface area contributed by atoms with E-state index in [-0.39, 0.29) is 0 Å². The molecule has 4 nitrogen and oxygen atoms in total. The highest BCUT2D eigenvalue weighted by molar-refractivity contribution is 5.67. The molecule has 0 bridgehead atoms. The summed E-state index contributed by atoms with van der Waals surface area (Å²) in [6.07, 6.45) is 12.2. The molecule has 8 N–H and O–H groups in total. The van der Waals surface area contributed by atoms with Crippen molar-refractivity contribution in [3.63, 3.8) is 0 Å². The molecule has 0 amide bonds. The Morgan fingerprint density at radius 2 is 0.808 bits per heavy atom. The third-order valence-electron chi connectivity index (χ3n) is 5.10. The van der Waals surface area contributed by atoms with Crippen LogP contribution in [-0.2, 0) is 12.8 Å². The highest BCUT2D eigenvalue weighted by Crippen LogP contribution is 2.23. The molecule has 2 rings (SSSR count). The fraction of sp³-hybridized carbons (Fsp3) is 0.455. The first-order valence-electron chi connectivity index (χ1n) is 9.85. The van der Waals surface area contributed by atoms with Crippen LogP contribution in [0.3, 0.4) is 0 Å². The van der Waals surface area contributed by atoms with E-state index < -0.39 is 0 Å². The lowest BCUT2D eigenvalue weighted by Gasteiger charge is -2.08. The Morgan fingerprint density at radius 1 is 0.462 bits per heavy atom. The van der Waals surface area contributed by atoms with Crippen molar-refractivity contribution in [2.24, 2.45) is 0 Å². The van der Waals surface area contributed by atoms with Crippen molar-refractivity contribution in [1.82, 2.24) is 0 Å². The molecule has 4 heteroatoms. The van der Waals surface area contributed by atoms with Crippen molar-refractivity contribution in [3.05, 3.63) is 47.5 Å². The molecule has 0 atom stereocenters. The lowest BCUT2D eigenvalue weighted by Crippen LogP contribution is -1.99.